The van der Waals surface area contributed by atoms with Crippen LogP contribution in [0, 0.1) is 0 Å². The monoisotopic (exact) mass is 398 g/mol. The Morgan fingerprint density at radius 3 is 2.43 bits per heavy atom. The second-order valence-corrected chi connectivity index (χ2v) is 7.00. The standard InChI is InChI=1S/C22H23ClN2O3/c1-25(13-15-8-9-16-6-4-5-7-17(16)10-15)14-22(26)24-19-11-18(23)20(27-2)12-21(19)28-3/h4-12H,13-14H2,1-3H3,(H,24,26). The zero-order valence-electron chi connectivity index (χ0n) is 16.2. The first kappa shape index (κ1) is 20.0. The van der Waals surface area contributed by atoms with Crippen LogP contribution in [-0.2, 0) is 11.3 Å². The Hall–Kier alpha value is -2.76. The molecule has 0 bridgehead atoms. The van der Waals surface area contributed by atoms with E-state index < -0.39 is 0 Å². The number of hydrogen-bond acceptors (Lipinski definition) is 4. The van der Waals surface area contributed by atoms with Crippen LogP contribution in [0.2, 0.25) is 5.02 Å². The second kappa shape index (κ2) is 8.95. The van der Waals surface area contributed by atoms with Crippen molar-refractivity contribution in [2.75, 3.05) is 33.1 Å². The van der Waals surface area contributed by atoms with Crippen molar-refractivity contribution in [3.8, 4) is 11.5 Å². The number of hydrogen-bond donors (Lipinski definition) is 1. The molecule has 0 atom stereocenters. The first-order valence-electron chi connectivity index (χ1n) is 8.87. The Balaban J connectivity index is 1.64. The van der Waals surface area contributed by atoms with Gasteiger partial charge in [-0.15, -0.1) is 0 Å². The number of nitrogens with zero attached hydrogens (tertiary/aromatic N) is 1. The number of methoxy groups -OCH3 is 2. The molecule has 0 aliphatic heterocycles. The summed E-state index contributed by atoms with van der Waals surface area (Å²) in [7, 11) is 4.97. The fourth-order valence-electron chi connectivity index (χ4n) is 3.10. The van der Waals surface area contributed by atoms with Gasteiger partial charge in [-0.05, 0) is 35.5 Å². The molecule has 146 valence electrons. The number of carbonyl (C=O) groups is 1. The van der Waals surface area contributed by atoms with E-state index in [1.54, 1.807) is 12.1 Å². The summed E-state index contributed by atoms with van der Waals surface area (Å²) in [4.78, 5) is 14.4. The van der Waals surface area contributed by atoms with E-state index in [-0.39, 0.29) is 12.5 Å². The van der Waals surface area contributed by atoms with Crippen molar-refractivity contribution in [2.45, 2.75) is 6.54 Å². The van der Waals surface area contributed by atoms with E-state index in [0.29, 0.717) is 28.8 Å². The zero-order chi connectivity index (χ0) is 20.1. The van der Waals surface area contributed by atoms with E-state index in [0.717, 1.165) is 5.56 Å². The predicted octanol–water partition coefficient (Wildman–Crippen LogP) is 4.58. The van der Waals surface area contributed by atoms with Gasteiger partial charge in [0.2, 0.25) is 5.91 Å². The Morgan fingerprint density at radius 1 is 1.00 bits per heavy atom. The topological polar surface area (TPSA) is 50.8 Å². The molecule has 0 aliphatic rings. The third kappa shape index (κ3) is 4.74. The van der Waals surface area contributed by atoms with Crippen LogP contribution in [-0.4, -0.2) is 38.6 Å². The molecule has 0 spiro atoms. The first-order chi connectivity index (χ1) is 13.5. The summed E-state index contributed by atoms with van der Waals surface area (Å²) in [6.07, 6.45) is 0. The molecule has 1 N–H and O–H groups in total. The number of ether oxygens (including phenoxy) is 2. The van der Waals surface area contributed by atoms with Crippen molar-refractivity contribution in [3.05, 3.63) is 65.2 Å². The molecule has 0 aliphatic carbocycles. The quantitative estimate of drug-likeness (QED) is 0.632. The number of carbonyl (C=O) groups excluding carboxylic acids is 1. The SMILES string of the molecule is COc1cc(OC)c(NC(=O)CN(C)Cc2ccc3ccccc3c2)cc1Cl. The molecule has 0 saturated carbocycles. The van der Waals surface area contributed by atoms with E-state index in [2.05, 4.69) is 35.6 Å². The minimum atomic E-state index is -0.150. The minimum Gasteiger partial charge on any atom is -0.495 e. The van der Waals surface area contributed by atoms with Gasteiger partial charge in [0.15, 0.2) is 0 Å². The average Bonchev–Trinajstić information content (AvgIpc) is 2.68. The summed E-state index contributed by atoms with van der Waals surface area (Å²) in [5.74, 6) is 0.833. The highest BCUT2D eigenvalue weighted by Crippen LogP contribution is 2.35. The maximum absolute atomic E-state index is 12.5. The van der Waals surface area contributed by atoms with Crippen molar-refractivity contribution in [1.82, 2.24) is 4.90 Å². The number of halogens is 1. The summed E-state index contributed by atoms with van der Waals surface area (Å²) in [6.45, 7) is 0.901. The van der Waals surface area contributed by atoms with E-state index in [1.165, 1.54) is 25.0 Å². The molecule has 3 aromatic carbocycles. The molecule has 0 fully saturated rings. The lowest BCUT2D eigenvalue weighted by Gasteiger charge is -2.18. The van der Waals surface area contributed by atoms with Crippen LogP contribution in [0.15, 0.2) is 54.6 Å². The highest BCUT2D eigenvalue weighted by Gasteiger charge is 2.14. The van der Waals surface area contributed by atoms with Crippen LogP contribution in [0.5, 0.6) is 11.5 Å². The number of rotatable bonds is 7. The van der Waals surface area contributed by atoms with Gasteiger partial charge in [-0.1, -0.05) is 48.0 Å². The summed E-state index contributed by atoms with van der Waals surface area (Å²) in [6, 6.07) is 17.8. The molecule has 0 aromatic heterocycles. The fourth-order valence-corrected chi connectivity index (χ4v) is 3.34. The molecule has 1 amide bonds. The van der Waals surface area contributed by atoms with Crippen molar-refractivity contribution in [2.24, 2.45) is 0 Å². The lowest BCUT2D eigenvalue weighted by atomic mass is 10.1. The number of amides is 1. The molecule has 3 rings (SSSR count). The molecule has 0 saturated heterocycles. The number of likely N-dealkylation sites (N-methyl/N-ethyl adjacent to an activating group) is 1. The van der Waals surface area contributed by atoms with Crippen LogP contribution in [0.4, 0.5) is 5.69 Å². The lowest BCUT2D eigenvalue weighted by Crippen LogP contribution is -2.30. The van der Waals surface area contributed by atoms with E-state index in [1.807, 2.05) is 24.1 Å². The van der Waals surface area contributed by atoms with Crippen LogP contribution in [0.1, 0.15) is 5.56 Å². The maximum atomic E-state index is 12.5. The van der Waals surface area contributed by atoms with Gasteiger partial charge in [0.25, 0.3) is 0 Å². The molecular weight excluding hydrogens is 376 g/mol. The molecular formula is C22H23ClN2O3. The zero-order valence-corrected chi connectivity index (χ0v) is 16.9. The molecule has 0 unspecified atom stereocenters. The van der Waals surface area contributed by atoms with Crippen molar-refractivity contribution in [1.29, 1.82) is 0 Å². The molecule has 3 aromatic rings. The fraction of sp³-hybridized carbons (Fsp3) is 0.227. The van der Waals surface area contributed by atoms with Crippen LogP contribution in [0.3, 0.4) is 0 Å². The third-order valence-electron chi connectivity index (χ3n) is 4.43. The third-order valence-corrected chi connectivity index (χ3v) is 4.72. The smallest absolute Gasteiger partial charge is 0.238 e. The van der Waals surface area contributed by atoms with E-state index in [4.69, 9.17) is 21.1 Å². The number of anilines is 1. The lowest BCUT2D eigenvalue weighted by molar-refractivity contribution is -0.117. The highest BCUT2D eigenvalue weighted by atomic mass is 35.5. The Morgan fingerprint density at radius 2 is 1.71 bits per heavy atom. The van der Waals surface area contributed by atoms with Crippen LogP contribution >= 0.6 is 11.6 Å². The average molecular weight is 399 g/mol. The summed E-state index contributed by atoms with van der Waals surface area (Å²) < 4.78 is 10.5. The Kier molecular flexibility index (Phi) is 6.39. The Labute approximate surface area is 169 Å². The van der Waals surface area contributed by atoms with Crippen molar-refractivity contribution in [3.63, 3.8) is 0 Å². The molecule has 6 heteroatoms. The van der Waals surface area contributed by atoms with Gasteiger partial charge in [0.1, 0.15) is 11.5 Å². The highest BCUT2D eigenvalue weighted by molar-refractivity contribution is 6.32. The second-order valence-electron chi connectivity index (χ2n) is 6.59. The van der Waals surface area contributed by atoms with Gasteiger partial charge in [0, 0.05) is 12.6 Å². The van der Waals surface area contributed by atoms with E-state index >= 15 is 0 Å². The predicted molar refractivity (Wildman–Crippen MR) is 113 cm³/mol. The summed E-state index contributed by atoms with van der Waals surface area (Å²) in [5.41, 5.74) is 1.66. The molecule has 0 heterocycles. The van der Waals surface area contributed by atoms with Gasteiger partial charge in [-0.3, -0.25) is 9.69 Å². The Bertz CT molecular complexity index is 991. The summed E-state index contributed by atoms with van der Waals surface area (Å²) >= 11 is 6.16. The van der Waals surface area contributed by atoms with E-state index in [9.17, 15) is 4.79 Å². The number of benzene rings is 3. The molecule has 5 nitrogen and oxygen atoms in total. The van der Waals surface area contributed by atoms with Gasteiger partial charge in [0.05, 0.1) is 31.5 Å². The number of nitrogens with one attached hydrogen (secondary N) is 1. The maximum Gasteiger partial charge on any atom is 0.238 e. The summed E-state index contributed by atoms with van der Waals surface area (Å²) in [5, 5.41) is 5.65. The van der Waals surface area contributed by atoms with Crippen LogP contribution < -0.4 is 14.8 Å². The molecule has 28 heavy (non-hydrogen) atoms. The van der Waals surface area contributed by atoms with Gasteiger partial charge in [-0.25, -0.2) is 0 Å². The normalized spacial score (nSPS) is 10.9. The van der Waals surface area contributed by atoms with Crippen molar-refractivity contribution < 1.29 is 14.3 Å². The van der Waals surface area contributed by atoms with Gasteiger partial charge < -0.3 is 14.8 Å². The van der Waals surface area contributed by atoms with Crippen LogP contribution in [0.25, 0.3) is 10.8 Å². The van der Waals surface area contributed by atoms with Crippen molar-refractivity contribution >= 4 is 34.0 Å². The van der Waals surface area contributed by atoms with Gasteiger partial charge in [-0.2, -0.15) is 0 Å². The minimum absolute atomic E-state index is 0.150. The number of fused-ring (bicyclic) bond motifs is 1. The largest absolute Gasteiger partial charge is 0.495 e. The molecule has 0 radical (unpaired) electrons. The van der Waals surface area contributed by atoms with Gasteiger partial charge >= 0.3 is 0 Å². The first-order valence-corrected chi connectivity index (χ1v) is 9.25.